The summed E-state index contributed by atoms with van der Waals surface area (Å²) >= 11 is 0. The highest BCUT2D eigenvalue weighted by atomic mass is 16.5. The van der Waals surface area contributed by atoms with Gasteiger partial charge in [0.15, 0.2) is 5.82 Å². The summed E-state index contributed by atoms with van der Waals surface area (Å²) in [5.74, 6) is 1.60. The third-order valence-corrected chi connectivity index (χ3v) is 4.29. The number of nitrogens with zero attached hydrogens (tertiary/aromatic N) is 5. The molecule has 1 saturated carbocycles. The predicted molar refractivity (Wildman–Crippen MR) is 82.5 cm³/mol. The second-order valence-corrected chi connectivity index (χ2v) is 6.39. The molecule has 8 nitrogen and oxygen atoms in total. The van der Waals surface area contributed by atoms with Crippen molar-refractivity contribution in [3.63, 3.8) is 0 Å². The van der Waals surface area contributed by atoms with Gasteiger partial charge in [0.1, 0.15) is 5.69 Å². The molecule has 2 aromatic heterocycles. The highest BCUT2D eigenvalue weighted by molar-refractivity contribution is 4.95. The van der Waals surface area contributed by atoms with Gasteiger partial charge in [0, 0.05) is 12.0 Å². The van der Waals surface area contributed by atoms with E-state index in [4.69, 9.17) is 9.63 Å². The summed E-state index contributed by atoms with van der Waals surface area (Å²) in [6, 6.07) is 0.533. The van der Waals surface area contributed by atoms with Gasteiger partial charge in [-0.05, 0) is 12.8 Å². The summed E-state index contributed by atoms with van der Waals surface area (Å²) in [6.45, 7) is 4.57. The minimum Gasteiger partial charge on any atom is -0.390 e. The van der Waals surface area contributed by atoms with Crippen molar-refractivity contribution in [1.29, 1.82) is 0 Å². The lowest BCUT2D eigenvalue weighted by atomic mass is 9.90. The monoisotopic (exact) mass is 320 g/mol. The lowest BCUT2D eigenvalue weighted by Gasteiger charge is -2.31. The number of nitrogens with one attached hydrogen (secondary N) is 1. The fourth-order valence-corrected chi connectivity index (χ4v) is 3.01. The summed E-state index contributed by atoms with van der Waals surface area (Å²) < 4.78 is 7.11. The summed E-state index contributed by atoms with van der Waals surface area (Å²) in [6.07, 6.45) is 6.33. The molecule has 0 unspecified atom stereocenters. The molecule has 0 saturated heterocycles. The first-order valence-electron chi connectivity index (χ1n) is 8.24. The second-order valence-electron chi connectivity index (χ2n) is 6.39. The summed E-state index contributed by atoms with van der Waals surface area (Å²) in [5.41, 5.74) is 0.606. The lowest BCUT2D eigenvalue weighted by molar-refractivity contribution is 0.240. The van der Waals surface area contributed by atoms with Crippen LogP contribution in [0.3, 0.4) is 0 Å². The van der Waals surface area contributed by atoms with Gasteiger partial charge in [-0.1, -0.05) is 37.1 Å². The molecule has 2 heterocycles. The van der Waals surface area contributed by atoms with Gasteiger partial charge in [-0.2, -0.15) is 4.98 Å². The maximum absolute atomic E-state index is 9.16. The van der Waals surface area contributed by atoms with E-state index in [1.807, 2.05) is 24.7 Å². The van der Waals surface area contributed by atoms with Crippen LogP contribution in [0.4, 0.5) is 0 Å². The summed E-state index contributed by atoms with van der Waals surface area (Å²) in [5, 5.41) is 24.8. The van der Waals surface area contributed by atoms with Gasteiger partial charge in [0.05, 0.1) is 25.4 Å². The Morgan fingerprint density at radius 2 is 2.22 bits per heavy atom. The van der Waals surface area contributed by atoms with E-state index in [0.29, 0.717) is 24.0 Å². The lowest BCUT2D eigenvalue weighted by Crippen LogP contribution is -2.40. The fraction of sp³-hybridized carbons (Fsp3) is 0.733. The molecule has 1 fully saturated rings. The van der Waals surface area contributed by atoms with Gasteiger partial charge < -0.3 is 14.9 Å². The molecular weight excluding hydrogens is 296 g/mol. The van der Waals surface area contributed by atoms with Crippen LogP contribution in [0, 0.1) is 0 Å². The zero-order valence-corrected chi connectivity index (χ0v) is 13.6. The molecule has 1 aliphatic rings. The molecule has 3 rings (SSSR count). The van der Waals surface area contributed by atoms with Crippen LogP contribution in [0.1, 0.15) is 68.9 Å². The van der Waals surface area contributed by atoms with E-state index < -0.39 is 0 Å². The van der Waals surface area contributed by atoms with E-state index in [-0.39, 0.29) is 24.6 Å². The average molecular weight is 320 g/mol. The summed E-state index contributed by atoms with van der Waals surface area (Å²) in [7, 11) is 0. The molecule has 2 aromatic rings. The first-order valence-corrected chi connectivity index (χ1v) is 8.24. The Labute approximate surface area is 135 Å². The van der Waals surface area contributed by atoms with Crippen LogP contribution < -0.4 is 5.32 Å². The van der Waals surface area contributed by atoms with Gasteiger partial charge >= 0.3 is 0 Å². The third kappa shape index (κ3) is 3.76. The number of rotatable bonds is 6. The van der Waals surface area contributed by atoms with Crippen LogP contribution in [0.25, 0.3) is 0 Å². The van der Waals surface area contributed by atoms with E-state index in [1.165, 1.54) is 12.8 Å². The van der Waals surface area contributed by atoms with Crippen molar-refractivity contribution >= 4 is 0 Å². The third-order valence-electron chi connectivity index (χ3n) is 4.29. The molecule has 0 aromatic carbocycles. The molecule has 0 bridgehead atoms. The fourth-order valence-electron chi connectivity index (χ4n) is 3.01. The molecule has 0 radical (unpaired) electrons. The van der Waals surface area contributed by atoms with E-state index in [0.717, 1.165) is 12.8 Å². The van der Waals surface area contributed by atoms with Gasteiger partial charge in [-0.25, -0.2) is 4.68 Å². The second kappa shape index (κ2) is 7.18. The van der Waals surface area contributed by atoms with Crippen LogP contribution in [0.5, 0.6) is 0 Å². The molecule has 126 valence electrons. The quantitative estimate of drug-likeness (QED) is 0.832. The average Bonchev–Trinajstić information content (AvgIpc) is 3.22. The van der Waals surface area contributed by atoms with Crippen molar-refractivity contribution in [3.05, 3.63) is 23.6 Å². The van der Waals surface area contributed by atoms with Crippen molar-refractivity contribution in [1.82, 2.24) is 30.5 Å². The SMILES string of the molecule is CC(C)c1nc(CN[C@H]2CCCC[C@H]2n2cc(CO)nn2)no1. The van der Waals surface area contributed by atoms with Crippen molar-refractivity contribution in [2.24, 2.45) is 0 Å². The van der Waals surface area contributed by atoms with Gasteiger partial charge in [0.2, 0.25) is 5.89 Å². The zero-order chi connectivity index (χ0) is 16.2. The predicted octanol–water partition coefficient (Wildman–Crippen LogP) is 1.55. The topological polar surface area (TPSA) is 102 Å². The number of hydrogen-bond donors (Lipinski definition) is 2. The molecular formula is C15H24N6O2. The Morgan fingerprint density at radius 3 is 2.91 bits per heavy atom. The number of aliphatic hydroxyl groups is 1. The number of aromatic nitrogens is 5. The van der Waals surface area contributed by atoms with Crippen molar-refractivity contribution in [2.75, 3.05) is 0 Å². The molecule has 2 atom stereocenters. The maximum atomic E-state index is 9.16. The van der Waals surface area contributed by atoms with E-state index in [2.05, 4.69) is 25.8 Å². The van der Waals surface area contributed by atoms with Gasteiger partial charge in [-0.3, -0.25) is 0 Å². The highest BCUT2D eigenvalue weighted by Gasteiger charge is 2.27. The molecule has 8 heteroatoms. The van der Waals surface area contributed by atoms with E-state index >= 15 is 0 Å². The normalized spacial score (nSPS) is 21.9. The Morgan fingerprint density at radius 1 is 1.39 bits per heavy atom. The molecule has 23 heavy (non-hydrogen) atoms. The zero-order valence-electron chi connectivity index (χ0n) is 13.6. The Kier molecular flexibility index (Phi) is 5.02. The molecule has 0 spiro atoms. The number of hydrogen-bond acceptors (Lipinski definition) is 7. The van der Waals surface area contributed by atoms with Gasteiger partial charge in [-0.15, -0.1) is 5.10 Å². The van der Waals surface area contributed by atoms with Crippen molar-refractivity contribution in [2.45, 2.75) is 70.7 Å². The van der Waals surface area contributed by atoms with Crippen molar-refractivity contribution < 1.29 is 9.63 Å². The Bertz CT molecular complexity index is 623. The molecule has 0 amide bonds. The Hall–Kier alpha value is -1.80. The van der Waals surface area contributed by atoms with Crippen LogP contribution in [0.15, 0.2) is 10.7 Å². The highest BCUT2D eigenvalue weighted by Crippen LogP contribution is 2.28. The maximum Gasteiger partial charge on any atom is 0.229 e. The van der Waals surface area contributed by atoms with Crippen LogP contribution >= 0.6 is 0 Å². The Balaban J connectivity index is 1.64. The smallest absolute Gasteiger partial charge is 0.229 e. The molecule has 1 aliphatic carbocycles. The largest absolute Gasteiger partial charge is 0.390 e. The standard InChI is InChI=1S/C15H24N6O2/c1-10(2)15-17-14(19-23-15)7-16-12-5-3-4-6-13(12)21-8-11(9-22)18-20-21/h8,10,12-13,16,22H,3-7,9H2,1-2H3/t12-,13+/m0/s1. The molecule has 2 N–H and O–H groups in total. The minimum atomic E-state index is -0.0777. The molecule has 0 aliphatic heterocycles. The first kappa shape index (κ1) is 16.1. The van der Waals surface area contributed by atoms with E-state index in [1.54, 1.807) is 0 Å². The van der Waals surface area contributed by atoms with Crippen LogP contribution in [-0.4, -0.2) is 36.3 Å². The summed E-state index contributed by atoms with van der Waals surface area (Å²) in [4.78, 5) is 4.40. The van der Waals surface area contributed by atoms with Crippen LogP contribution in [-0.2, 0) is 13.2 Å². The van der Waals surface area contributed by atoms with Crippen molar-refractivity contribution in [3.8, 4) is 0 Å². The number of aliphatic hydroxyl groups excluding tert-OH is 1. The van der Waals surface area contributed by atoms with Gasteiger partial charge in [0.25, 0.3) is 0 Å². The first-order chi connectivity index (χ1) is 11.2. The minimum absolute atomic E-state index is 0.0777. The van der Waals surface area contributed by atoms with E-state index in [9.17, 15) is 0 Å². The van der Waals surface area contributed by atoms with Crippen LogP contribution in [0.2, 0.25) is 0 Å².